The van der Waals surface area contributed by atoms with Gasteiger partial charge in [0.1, 0.15) is 13.2 Å². The quantitative estimate of drug-likeness (QED) is 0.509. The Bertz CT molecular complexity index is 1100. The zero-order valence-electron chi connectivity index (χ0n) is 17.3. The predicted octanol–water partition coefficient (Wildman–Crippen LogP) is 5.06. The fourth-order valence-electron chi connectivity index (χ4n) is 3.42. The standard InChI is InChI=1S/C25H23ClN2O3/c1-18-5-2-3-7-21(18)17-28(16-20-6-4-10-27-15-20)24(29)9-8-19-13-22(26)25-23(14-19)30-11-12-31-25/h2-10,13-15H,11-12,16-17H2,1H3/b9-8+. The Morgan fingerprint density at radius 3 is 2.77 bits per heavy atom. The maximum absolute atomic E-state index is 13.1. The molecule has 0 unspecified atom stereocenters. The lowest BCUT2D eigenvalue weighted by atomic mass is 10.1. The molecule has 5 nitrogen and oxygen atoms in total. The van der Waals surface area contributed by atoms with Gasteiger partial charge in [-0.25, -0.2) is 0 Å². The first-order valence-corrected chi connectivity index (χ1v) is 10.5. The number of fused-ring (bicyclic) bond motifs is 1. The van der Waals surface area contributed by atoms with E-state index in [0.29, 0.717) is 42.8 Å². The van der Waals surface area contributed by atoms with Gasteiger partial charge in [0.2, 0.25) is 5.91 Å². The number of benzene rings is 2. The van der Waals surface area contributed by atoms with Crippen molar-refractivity contribution in [2.75, 3.05) is 13.2 Å². The largest absolute Gasteiger partial charge is 0.486 e. The van der Waals surface area contributed by atoms with Crippen LogP contribution in [0, 0.1) is 6.92 Å². The van der Waals surface area contributed by atoms with Crippen LogP contribution in [-0.2, 0) is 17.9 Å². The SMILES string of the molecule is Cc1ccccc1CN(Cc1cccnc1)C(=O)/C=C/c1cc(Cl)c2c(c1)OCCO2. The molecule has 4 rings (SSSR count). The van der Waals surface area contributed by atoms with E-state index >= 15 is 0 Å². The van der Waals surface area contributed by atoms with E-state index in [0.717, 1.165) is 22.3 Å². The molecular formula is C25H23ClN2O3. The maximum atomic E-state index is 13.1. The number of hydrogen-bond acceptors (Lipinski definition) is 4. The van der Waals surface area contributed by atoms with Gasteiger partial charge in [-0.3, -0.25) is 9.78 Å². The number of carbonyl (C=O) groups is 1. The van der Waals surface area contributed by atoms with E-state index in [1.54, 1.807) is 35.5 Å². The Labute approximate surface area is 186 Å². The monoisotopic (exact) mass is 434 g/mol. The minimum Gasteiger partial charge on any atom is -0.486 e. The molecule has 2 aromatic carbocycles. The van der Waals surface area contributed by atoms with Gasteiger partial charge in [0, 0.05) is 31.6 Å². The maximum Gasteiger partial charge on any atom is 0.247 e. The molecule has 0 N–H and O–H groups in total. The third kappa shape index (κ3) is 5.25. The Kier molecular flexibility index (Phi) is 6.53. The number of aromatic nitrogens is 1. The van der Waals surface area contributed by atoms with Gasteiger partial charge in [-0.1, -0.05) is 41.9 Å². The summed E-state index contributed by atoms with van der Waals surface area (Å²) in [6.45, 7) is 3.97. The minimum atomic E-state index is -0.0990. The van der Waals surface area contributed by atoms with Crippen molar-refractivity contribution in [3.8, 4) is 11.5 Å². The highest BCUT2D eigenvalue weighted by molar-refractivity contribution is 6.32. The first-order valence-electron chi connectivity index (χ1n) is 10.1. The average molecular weight is 435 g/mol. The van der Waals surface area contributed by atoms with Crippen molar-refractivity contribution in [2.45, 2.75) is 20.0 Å². The summed E-state index contributed by atoms with van der Waals surface area (Å²) < 4.78 is 11.2. The highest BCUT2D eigenvalue weighted by Crippen LogP contribution is 2.38. The molecule has 0 saturated carbocycles. The van der Waals surface area contributed by atoms with Crippen LogP contribution in [0.5, 0.6) is 11.5 Å². The van der Waals surface area contributed by atoms with Crippen molar-refractivity contribution in [2.24, 2.45) is 0 Å². The molecule has 6 heteroatoms. The van der Waals surface area contributed by atoms with Crippen LogP contribution in [0.4, 0.5) is 0 Å². The Balaban J connectivity index is 1.56. The number of carbonyl (C=O) groups excluding carboxylic acids is 1. The van der Waals surface area contributed by atoms with E-state index in [1.807, 2.05) is 36.4 Å². The van der Waals surface area contributed by atoms with Crippen LogP contribution in [0.2, 0.25) is 5.02 Å². The van der Waals surface area contributed by atoms with Crippen LogP contribution >= 0.6 is 11.6 Å². The third-order valence-corrected chi connectivity index (χ3v) is 5.35. The highest BCUT2D eigenvalue weighted by Gasteiger charge is 2.17. The van der Waals surface area contributed by atoms with E-state index < -0.39 is 0 Å². The van der Waals surface area contributed by atoms with Crippen molar-refractivity contribution in [1.82, 2.24) is 9.88 Å². The second kappa shape index (κ2) is 9.67. The lowest BCUT2D eigenvalue weighted by Crippen LogP contribution is -2.28. The number of rotatable bonds is 6. The molecule has 158 valence electrons. The van der Waals surface area contributed by atoms with Crippen molar-refractivity contribution in [3.63, 3.8) is 0 Å². The Hall–Kier alpha value is -3.31. The van der Waals surface area contributed by atoms with Crippen LogP contribution in [0.25, 0.3) is 6.08 Å². The fourth-order valence-corrected chi connectivity index (χ4v) is 3.69. The molecule has 1 amide bonds. The normalized spacial score (nSPS) is 12.7. The van der Waals surface area contributed by atoms with Gasteiger partial charge >= 0.3 is 0 Å². The topological polar surface area (TPSA) is 51.7 Å². The van der Waals surface area contributed by atoms with Crippen LogP contribution in [-0.4, -0.2) is 29.0 Å². The first-order chi connectivity index (χ1) is 15.1. The van der Waals surface area contributed by atoms with Gasteiger partial charge in [0.25, 0.3) is 0 Å². The Morgan fingerprint density at radius 2 is 1.97 bits per heavy atom. The van der Waals surface area contributed by atoms with Gasteiger partial charge < -0.3 is 14.4 Å². The van der Waals surface area contributed by atoms with Crippen LogP contribution in [0.15, 0.2) is 67.0 Å². The summed E-state index contributed by atoms with van der Waals surface area (Å²) in [5, 5.41) is 0.469. The molecule has 31 heavy (non-hydrogen) atoms. The second-order valence-electron chi connectivity index (χ2n) is 7.34. The first kappa shape index (κ1) is 20.9. The third-order valence-electron chi connectivity index (χ3n) is 5.07. The predicted molar refractivity (Wildman–Crippen MR) is 121 cm³/mol. The summed E-state index contributed by atoms with van der Waals surface area (Å²) in [6, 6.07) is 15.5. The number of nitrogens with zero attached hydrogens (tertiary/aromatic N) is 2. The molecule has 1 aliphatic rings. The molecular weight excluding hydrogens is 412 g/mol. The summed E-state index contributed by atoms with van der Waals surface area (Å²) in [4.78, 5) is 19.1. The average Bonchev–Trinajstić information content (AvgIpc) is 2.79. The van der Waals surface area contributed by atoms with Gasteiger partial charge in [-0.2, -0.15) is 0 Å². The van der Waals surface area contributed by atoms with Gasteiger partial charge in [-0.15, -0.1) is 0 Å². The van der Waals surface area contributed by atoms with Crippen LogP contribution in [0.3, 0.4) is 0 Å². The number of halogens is 1. The van der Waals surface area contributed by atoms with Gasteiger partial charge in [0.05, 0.1) is 5.02 Å². The zero-order valence-corrected chi connectivity index (χ0v) is 18.0. The fraction of sp³-hybridized carbons (Fsp3) is 0.200. The molecule has 0 saturated heterocycles. The summed E-state index contributed by atoms with van der Waals surface area (Å²) in [5.74, 6) is 1.05. The van der Waals surface area contributed by atoms with E-state index in [2.05, 4.69) is 18.0 Å². The molecule has 3 aromatic rings. The molecule has 2 heterocycles. The van der Waals surface area contributed by atoms with Gasteiger partial charge in [0.15, 0.2) is 11.5 Å². The summed E-state index contributed by atoms with van der Waals surface area (Å²) >= 11 is 6.32. The molecule has 0 fully saturated rings. The Morgan fingerprint density at radius 1 is 1.13 bits per heavy atom. The summed E-state index contributed by atoms with van der Waals surface area (Å²) in [6.07, 6.45) is 6.82. The molecule has 0 atom stereocenters. The molecule has 0 bridgehead atoms. The molecule has 1 aromatic heterocycles. The highest BCUT2D eigenvalue weighted by atomic mass is 35.5. The van der Waals surface area contributed by atoms with Crippen molar-refractivity contribution >= 4 is 23.6 Å². The van der Waals surface area contributed by atoms with Crippen molar-refractivity contribution < 1.29 is 14.3 Å². The number of aryl methyl sites for hydroxylation is 1. The lowest BCUT2D eigenvalue weighted by Gasteiger charge is -2.22. The smallest absolute Gasteiger partial charge is 0.247 e. The molecule has 1 aliphatic heterocycles. The van der Waals surface area contributed by atoms with E-state index in [1.165, 1.54) is 0 Å². The number of hydrogen-bond donors (Lipinski definition) is 0. The number of ether oxygens (including phenoxy) is 2. The minimum absolute atomic E-state index is 0.0990. The van der Waals surface area contributed by atoms with Crippen molar-refractivity contribution in [1.29, 1.82) is 0 Å². The number of amides is 1. The van der Waals surface area contributed by atoms with E-state index in [9.17, 15) is 4.79 Å². The summed E-state index contributed by atoms with van der Waals surface area (Å²) in [5.41, 5.74) is 4.00. The van der Waals surface area contributed by atoms with E-state index in [-0.39, 0.29) is 5.91 Å². The second-order valence-corrected chi connectivity index (χ2v) is 7.75. The lowest BCUT2D eigenvalue weighted by molar-refractivity contribution is -0.127. The van der Waals surface area contributed by atoms with Crippen LogP contribution < -0.4 is 9.47 Å². The molecule has 0 spiro atoms. The zero-order chi connectivity index (χ0) is 21.6. The van der Waals surface area contributed by atoms with Gasteiger partial charge in [-0.05, 0) is 53.5 Å². The van der Waals surface area contributed by atoms with E-state index in [4.69, 9.17) is 21.1 Å². The summed E-state index contributed by atoms with van der Waals surface area (Å²) in [7, 11) is 0. The molecule has 0 aliphatic carbocycles. The van der Waals surface area contributed by atoms with Crippen molar-refractivity contribution in [3.05, 3.63) is 94.3 Å². The molecule has 0 radical (unpaired) electrons. The van der Waals surface area contributed by atoms with Crippen LogP contribution in [0.1, 0.15) is 22.3 Å². The number of pyridine rings is 1.